The van der Waals surface area contributed by atoms with Gasteiger partial charge in [-0.1, -0.05) is 17.3 Å². The number of hydrogen-bond acceptors (Lipinski definition) is 4. The van der Waals surface area contributed by atoms with Gasteiger partial charge in [0.25, 0.3) is 5.19 Å². The van der Waals surface area contributed by atoms with E-state index in [0.29, 0.717) is 11.3 Å². The first-order valence-electron chi connectivity index (χ1n) is 3.28. The number of aliphatic hydroxyl groups is 1. The Bertz CT molecular complexity index is 355. The Morgan fingerprint density at radius 2 is 2.29 bits per heavy atom. The van der Waals surface area contributed by atoms with Crippen LogP contribution >= 0.6 is 11.3 Å². The van der Waals surface area contributed by atoms with Crippen LogP contribution in [0.3, 0.4) is 0 Å². The second kappa shape index (κ2) is 3.86. The van der Waals surface area contributed by atoms with E-state index in [1.165, 1.54) is 5.38 Å². The third-order valence-corrected chi connectivity index (χ3v) is 1.88. The minimum Gasteiger partial charge on any atom is -0.378 e. The largest absolute Gasteiger partial charge is 0.574 e. The fraction of sp³-hybridized carbons (Fsp3) is 0.286. The number of rotatable bonds is 2. The molecule has 76 valence electrons. The quantitative estimate of drug-likeness (QED) is 0.776. The number of terminal acetylenes is 1. The van der Waals surface area contributed by atoms with Crippen molar-refractivity contribution in [2.45, 2.75) is 12.5 Å². The number of aliphatic hydroxyl groups excluding tert-OH is 1. The minimum absolute atomic E-state index is 0.0308. The standard InChI is InChI=1S/C7H4F3NO2S/c1-2-5(12)4-3-14-6(11-4)13-7(8,9)10/h1,3,5,12H. The Labute approximate surface area is 81.2 Å². The van der Waals surface area contributed by atoms with E-state index in [1.807, 2.05) is 5.92 Å². The van der Waals surface area contributed by atoms with Gasteiger partial charge in [-0.25, -0.2) is 4.98 Å². The highest BCUT2D eigenvalue weighted by atomic mass is 32.1. The Morgan fingerprint density at radius 1 is 1.64 bits per heavy atom. The third kappa shape index (κ3) is 2.90. The van der Waals surface area contributed by atoms with Gasteiger partial charge in [-0.15, -0.1) is 19.6 Å². The molecule has 1 heterocycles. The highest BCUT2D eigenvalue weighted by Crippen LogP contribution is 2.27. The predicted octanol–water partition coefficient (Wildman–Crippen LogP) is 1.71. The Balaban J connectivity index is 2.75. The van der Waals surface area contributed by atoms with Crippen molar-refractivity contribution in [3.05, 3.63) is 11.1 Å². The second-order valence-corrected chi connectivity index (χ2v) is 2.98. The molecule has 0 aromatic carbocycles. The molecule has 0 radical (unpaired) electrons. The summed E-state index contributed by atoms with van der Waals surface area (Å²) in [7, 11) is 0. The van der Waals surface area contributed by atoms with Crippen LogP contribution in [0.2, 0.25) is 0 Å². The van der Waals surface area contributed by atoms with Crippen molar-refractivity contribution in [2.24, 2.45) is 0 Å². The topological polar surface area (TPSA) is 42.4 Å². The fourth-order valence-electron chi connectivity index (χ4n) is 0.626. The summed E-state index contributed by atoms with van der Waals surface area (Å²) in [4.78, 5) is 3.35. The van der Waals surface area contributed by atoms with E-state index in [4.69, 9.17) is 11.5 Å². The molecule has 0 aliphatic carbocycles. The maximum Gasteiger partial charge on any atom is 0.574 e. The van der Waals surface area contributed by atoms with Gasteiger partial charge in [0, 0.05) is 5.38 Å². The van der Waals surface area contributed by atoms with E-state index in [9.17, 15) is 13.2 Å². The first-order chi connectivity index (χ1) is 6.42. The fourth-order valence-corrected chi connectivity index (χ4v) is 1.33. The lowest BCUT2D eigenvalue weighted by Gasteiger charge is -2.03. The van der Waals surface area contributed by atoms with Crippen LogP contribution in [0.15, 0.2) is 5.38 Å². The van der Waals surface area contributed by atoms with Gasteiger partial charge in [0.15, 0.2) is 6.10 Å². The number of thiazole rings is 1. The van der Waals surface area contributed by atoms with Crippen LogP contribution in [0, 0.1) is 12.3 Å². The number of halogens is 3. The molecular formula is C7H4F3NO2S. The lowest BCUT2D eigenvalue weighted by molar-refractivity contribution is -0.274. The number of alkyl halides is 3. The second-order valence-electron chi connectivity index (χ2n) is 2.16. The molecule has 1 aromatic heterocycles. The Kier molecular flexibility index (Phi) is 2.98. The van der Waals surface area contributed by atoms with Crippen molar-refractivity contribution in [1.82, 2.24) is 4.98 Å². The highest BCUT2D eigenvalue weighted by Gasteiger charge is 2.32. The average molecular weight is 223 g/mol. The lowest BCUT2D eigenvalue weighted by Crippen LogP contribution is -2.17. The zero-order chi connectivity index (χ0) is 10.8. The van der Waals surface area contributed by atoms with E-state index in [0.717, 1.165) is 0 Å². The van der Waals surface area contributed by atoms with Crippen molar-refractivity contribution in [1.29, 1.82) is 0 Å². The van der Waals surface area contributed by atoms with Crippen LogP contribution in [-0.2, 0) is 0 Å². The minimum atomic E-state index is -4.78. The van der Waals surface area contributed by atoms with Crippen LogP contribution in [0.1, 0.15) is 11.8 Å². The molecule has 0 saturated heterocycles. The zero-order valence-corrected chi connectivity index (χ0v) is 7.39. The molecule has 0 amide bonds. The molecular weight excluding hydrogens is 219 g/mol. The summed E-state index contributed by atoms with van der Waals surface area (Å²) in [6.45, 7) is 0. The molecule has 0 aliphatic heterocycles. The van der Waals surface area contributed by atoms with Crippen molar-refractivity contribution < 1.29 is 23.0 Å². The molecule has 0 spiro atoms. The molecule has 1 aromatic rings. The summed E-state index contributed by atoms with van der Waals surface area (Å²) < 4.78 is 38.5. The lowest BCUT2D eigenvalue weighted by atomic mass is 10.3. The van der Waals surface area contributed by atoms with Gasteiger partial charge in [0.2, 0.25) is 0 Å². The van der Waals surface area contributed by atoms with Crippen LogP contribution in [0.25, 0.3) is 0 Å². The van der Waals surface area contributed by atoms with Crippen molar-refractivity contribution in [2.75, 3.05) is 0 Å². The molecule has 0 bridgehead atoms. The molecule has 0 saturated carbocycles. The van der Waals surface area contributed by atoms with Gasteiger partial charge in [-0.2, -0.15) is 0 Å². The summed E-state index contributed by atoms with van der Waals surface area (Å²) >= 11 is 0.611. The summed E-state index contributed by atoms with van der Waals surface area (Å²) in [5, 5.41) is 9.62. The maximum atomic E-state index is 11.7. The van der Waals surface area contributed by atoms with E-state index >= 15 is 0 Å². The monoisotopic (exact) mass is 223 g/mol. The first-order valence-corrected chi connectivity index (χ1v) is 4.15. The Hall–Kier alpha value is -1.26. The maximum absolute atomic E-state index is 11.7. The molecule has 14 heavy (non-hydrogen) atoms. The van der Waals surface area contributed by atoms with E-state index in [-0.39, 0.29) is 5.69 Å². The SMILES string of the molecule is C#CC(O)c1csc(OC(F)(F)F)n1. The smallest absolute Gasteiger partial charge is 0.378 e. The van der Waals surface area contributed by atoms with Crippen molar-refractivity contribution >= 4 is 11.3 Å². The normalized spacial score (nSPS) is 13.4. The van der Waals surface area contributed by atoms with Crippen LogP contribution in [0.4, 0.5) is 13.2 Å². The summed E-state index contributed by atoms with van der Waals surface area (Å²) in [5.41, 5.74) is -0.0308. The van der Waals surface area contributed by atoms with Gasteiger partial charge in [0.1, 0.15) is 0 Å². The predicted molar refractivity (Wildman–Crippen MR) is 42.6 cm³/mol. The van der Waals surface area contributed by atoms with Gasteiger partial charge < -0.3 is 9.84 Å². The van der Waals surface area contributed by atoms with Gasteiger partial charge in [-0.05, 0) is 0 Å². The molecule has 1 atom stereocenters. The van der Waals surface area contributed by atoms with Gasteiger partial charge in [0.05, 0.1) is 5.69 Å². The highest BCUT2D eigenvalue weighted by molar-refractivity contribution is 7.11. The van der Waals surface area contributed by atoms with Gasteiger partial charge in [-0.3, -0.25) is 0 Å². The molecule has 3 nitrogen and oxygen atoms in total. The summed E-state index contributed by atoms with van der Waals surface area (Å²) in [6, 6.07) is 0. The molecule has 1 rings (SSSR count). The van der Waals surface area contributed by atoms with E-state index in [2.05, 4.69) is 9.72 Å². The molecule has 7 heteroatoms. The zero-order valence-electron chi connectivity index (χ0n) is 6.58. The number of ether oxygens (including phenoxy) is 1. The van der Waals surface area contributed by atoms with Crippen molar-refractivity contribution in [3.8, 4) is 17.5 Å². The number of nitrogens with zero attached hydrogens (tertiary/aromatic N) is 1. The average Bonchev–Trinajstić information content (AvgIpc) is 2.48. The van der Waals surface area contributed by atoms with Crippen LogP contribution in [0.5, 0.6) is 5.19 Å². The molecule has 1 unspecified atom stereocenters. The van der Waals surface area contributed by atoms with E-state index < -0.39 is 17.7 Å². The third-order valence-electron chi connectivity index (χ3n) is 1.14. The molecule has 0 fully saturated rings. The first kappa shape index (κ1) is 10.8. The molecule has 1 N–H and O–H groups in total. The van der Waals surface area contributed by atoms with Crippen LogP contribution in [-0.4, -0.2) is 16.5 Å². The van der Waals surface area contributed by atoms with Crippen LogP contribution < -0.4 is 4.74 Å². The Morgan fingerprint density at radius 3 is 2.79 bits per heavy atom. The van der Waals surface area contributed by atoms with Gasteiger partial charge >= 0.3 is 6.36 Å². The number of hydrogen-bond donors (Lipinski definition) is 1. The summed E-state index contributed by atoms with van der Waals surface area (Å²) in [6.07, 6.45) is -1.25. The summed E-state index contributed by atoms with van der Waals surface area (Å²) in [5.74, 6) is 1.92. The van der Waals surface area contributed by atoms with Crippen molar-refractivity contribution in [3.63, 3.8) is 0 Å². The molecule has 0 aliphatic rings. The number of aromatic nitrogens is 1. The van der Waals surface area contributed by atoms with E-state index in [1.54, 1.807) is 0 Å².